The fraction of sp³-hybridized carbons (Fsp3) is 0.462. The first-order valence-electron chi connectivity index (χ1n) is 6.05. The van der Waals surface area contributed by atoms with Crippen molar-refractivity contribution in [2.75, 3.05) is 23.8 Å². The van der Waals surface area contributed by atoms with Crippen LogP contribution in [-0.4, -0.2) is 24.2 Å². The molecule has 0 unspecified atom stereocenters. The molecule has 100 valence electrons. The zero-order valence-electron chi connectivity index (χ0n) is 10.5. The van der Waals surface area contributed by atoms with Crippen LogP contribution in [0.15, 0.2) is 18.2 Å². The molecule has 0 radical (unpaired) electrons. The van der Waals surface area contributed by atoms with Crippen molar-refractivity contribution < 1.29 is 9.90 Å². The molecule has 0 fully saturated rings. The molecule has 0 spiro atoms. The number of anilines is 2. The van der Waals surface area contributed by atoms with E-state index in [4.69, 9.17) is 16.7 Å². The average molecular weight is 271 g/mol. The lowest BCUT2D eigenvalue weighted by Gasteiger charge is -2.12. The maximum absolute atomic E-state index is 11.1. The Morgan fingerprint density at radius 3 is 2.72 bits per heavy atom. The normalized spacial score (nSPS) is 10.2. The summed E-state index contributed by atoms with van der Waals surface area (Å²) in [4.78, 5) is 11.1. The van der Waals surface area contributed by atoms with Crippen molar-refractivity contribution in [3.05, 3.63) is 23.2 Å². The van der Waals surface area contributed by atoms with Gasteiger partial charge in [0.15, 0.2) is 0 Å². The molecule has 1 amide bonds. The number of nitrogens with one attached hydrogen (secondary N) is 2. The van der Waals surface area contributed by atoms with Gasteiger partial charge in [0.1, 0.15) is 0 Å². The minimum absolute atomic E-state index is 0.111. The highest BCUT2D eigenvalue weighted by molar-refractivity contribution is 6.31. The van der Waals surface area contributed by atoms with E-state index in [0.717, 1.165) is 37.2 Å². The number of benzene rings is 1. The van der Waals surface area contributed by atoms with Crippen molar-refractivity contribution in [3.63, 3.8) is 0 Å². The Morgan fingerprint density at radius 2 is 2.06 bits per heavy atom. The molecule has 0 saturated heterocycles. The Kier molecular flexibility index (Phi) is 6.54. The number of halogens is 1. The van der Waals surface area contributed by atoms with Gasteiger partial charge in [0.2, 0.25) is 5.91 Å². The van der Waals surface area contributed by atoms with Crippen molar-refractivity contribution in [3.8, 4) is 0 Å². The Bertz CT molecular complexity index is 397. The molecule has 3 N–H and O–H groups in total. The van der Waals surface area contributed by atoms with Crippen LogP contribution in [-0.2, 0) is 4.79 Å². The van der Waals surface area contributed by atoms with Gasteiger partial charge in [0.25, 0.3) is 0 Å². The van der Waals surface area contributed by atoms with E-state index in [9.17, 15) is 4.79 Å². The molecule has 0 aliphatic rings. The molecule has 4 nitrogen and oxygen atoms in total. The van der Waals surface area contributed by atoms with E-state index < -0.39 is 0 Å². The van der Waals surface area contributed by atoms with Gasteiger partial charge in [-0.05, 0) is 37.5 Å². The maximum Gasteiger partial charge on any atom is 0.221 e. The first kappa shape index (κ1) is 14.8. The van der Waals surface area contributed by atoms with Gasteiger partial charge in [-0.3, -0.25) is 4.79 Å². The Balaban J connectivity index is 2.56. The zero-order valence-corrected chi connectivity index (χ0v) is 11.3. The van der Waals surface area contributed by atoms with Crippen molar-refractivity contribution >= 4 is 28.9 Å². The van der Waals surface area contributed by atoms with E-state index in [1.807, 2.05) is 0 Å². The highest BCUT2D eigenvalue weighted by Crippen LogP contribution is 2.25. The van der Waals surface area contributed by atoms with E-state index in [2.05, 4.69) is 10.6 Å². The van der Waals surface area contributed by atoms with Gasteiger partial charge in [-0.2, -0.15) is 0 Å². The molecule has 0 aromatic heterocycles. The summed E-state index contributed by atoms with van der Waals surface area (Å²) in [6, 6.07) is 5.31. The lowest BCUT2D eigenvalue weighted by atomic mass is 10.2. The first-order valence-corrected chi connectivity index (χ1v) is 6.43. The van der Waals surface area contributed by atoms with Crippen LogP contribution in [0.5, 0.6) is 0 Å². The lowest BCUT2D eigenvalue weighted by molar-refractivity contribution is -0.114. The van der Waals surface area contributed by atoms with E-state index in [1.165, 1.54) is 6.92 Å². The predicted octanol–water partition coefficient (Wildman–Crippen LogP) is 2.87. The molecule has 1 aromatic carbocycles. The molecule has 0 aliphatic carbocycles. The molecule has 0 heterocycles. The van der Waals surface area contributed by atoms with Crippen LogP contribution in [0.25, 0.3) is 0 Å². The lowest BCUT2D eigenvalue weighted by Crippen LogP contribution is -2.10. The smallest absolute Gasteiger partial charge is 0.221 e. The minimum Gasteiger partial charge on any atom is -0.396 e. The standard InChI is InChI=1S/C13H19ClN2O2/c1-10(18)16-12-6-5-11(14)9-13(12)15-7-3-2-4-8-17/h5-6,9,15,17H,2-4,7-8H2,1H3,(H,16,18). The SMILES string of the molecule is CC(=O)Nc1ccc(Cl)cc1NCCCCCO. The third-order valence-electron chi connectivity index (χ3n) is 2.44. The van der Waals surface area contributed by atoms with Gasteiger partial charge in [0.05, 0.1) is 11.4 Å². The van der Waals surface area contributed by atoms with Crippen molar-refractivity contribution in [2.45, 2.75) is 26.2 Å². The Morgan fingerprint density at radius 1 is 1.28 bits per heavy atom. The van der Waals surface area contributed by atoms with E-state index in [-0.39, 0.29) is 12.5 Å². The first-order chi connectivity index (χ1) is 8.63. The summed E-state index contributed by atoms with van der Waals surface area (Å²) in [6.07, 6.45) is 2.75. The number of amides is 1. The van der Waals surface area contributed by atoms with Gasteiger partial charge in [-0.15, -0.1) is 0 Å². The summed E-state index contributed by atoms with van der Waals surface area (Å²) in [6.45, 7) is 2.49. The number of hydrogen-bond acceptors (Lipinski definition) is 3. The second-order valence-corrected chi connectivity index (χ2v) is 4.52. The summed E-state index contributed by atoms with van der Waals surface area (Å²) in [7, 11) is 0. The Labute approximate surface area is 112 Å². The van der Waals surface area contributed by atoms with Crippen LogP contribution < -0.4 is 10.6 Å². The van der Waals surface area contributed by atoms with Gasteiger partial charge in [0, 0.05) is 25.1 Å². The molecule has 18 heavy (non-hydrogen) atoms. The van der Waals surface area contributed by atoms with E-state index in [0.29, 0.717) is 5.02 Å². The number of hydrogen-bond donors (Lipinski definition) is 3. The van der Waals surface area contributed by atoms with Crippen LogP contribution in [0.4, 0.5) is 11.4 Å². The summed E-state index contributed by atoms with van der Waals surface area (Å²) in [5.74, 6) is -0.111. The fourth-order valence-corrected chi connectivity index (χ4v) is 1.77. The van der Waals surface area contributed by atoms with Crippen molar-refractivity contribution in [1.82, 2.24) is 0 Å². The molecule has 1 aromatic rings. The van der Waals surface area contributed by atoms with Crippen LogP contribution >= 0.6 is 11.6 Å². The minimum atomic E-state index is -0.111. The third kappa shape index (κ3) is 5.38. The molecular formula is C13H19ClN2O2. The zero-order chi connectivity index (χ0) is 13.4. The largest absolute Gasteiger partial charge is 0.396 e. The Hall–Kier alpha value is -1.26. The number of unbranched alkanes of at least 4 members (excludes halogenated alkanes) is 2. The summed E-state index contributed by atoms with van der Waals surface area (Å²) in [5, 5.41) is 15.3. The van der Waals surface area contributed by atoms with Gasteiger partial charge >= 0.3 is 0 Å². The topological polar surface area (TPSA) is 61.4 Å². The summed E-state index contributed by atoms with van der Waals surface area (Å²) in [5.41, 5.74) is 1.55. The predicted molar refractivity (Wildman–Crippen MR) is 75.2 cm³/mol. The van der Waals surface area contributed by atoms with E-state index in [1.54, 1.807) is 18.2 Å². The second-order valence-electron chi connectivity index (χ2n) is 4.08. The highest BCUT2D eigenvalue weighted by Gasteiger charge is 2.04. The summed E-state index contributed by atoms with van der Waals surface area (Å²) < 4.78 is 0. The maximum atomic E-state index is 11.1. The van der Waals surface area contributed by atoms with E-state index >= 15 is 0 Å². The van der Waals surface area contributed by atoms with Gasteiger partial charge < -0.3 is 15.7 Å². The van der Waals surface area contributed by atoms with Crippen LogP contribution in [0.1, 0.15) is 26.2 Å². The van der Waals surface area contributed by atoms with Crippen LogP contribution in [0.3, 0.4) is 0 Å². The third-order valence-corrected chi connectivity index (χ3v) is 2.68. The number of aliphatic hydroxyl groups excluding tert-OH is 1. The second kappa shape index (κ2) is 7.95. The molecule has 1 rings (SSSR count). The molecular weight excluding hydrogens is 252 g/mol. The molecule has 0 atom stereocenters. The quantitative estimate of drug-likeness (QED) is 0.668. The molecule has 5 heteroatoms. The van der Waals surface area contributed by atoms with Gasteiger partial charge in [-0.25, -0.2) is 0 Å². The fourth-order valence-electron chi connectivity index (χ4n) is 1.60. The van der Waals surface area contributed by atoms with Crippen LogP contribution in [0.2, 0.25) is 5.02 Å². The average Bonchev–Trinajstić information content (AvgIpc) is 2.31. The number of aliphatic hydroxyl groups is 1. The molecule has 0 saturated carbocycles. The van der Waals surface area contributed by atoms with Gasteiger partial charge in [-0.1, -0.05) is 11.6 Å². The number of carbonyl (C=O) groups excluding carboxylic acids is 1. The van der Waals surface area contributed by atoms with Crippen molar-refractivity contribution in [1.29, 1.82) is 0 Å². The summed E-state index contributed by atoms with van der Waals surface area (Å²) >= 11 is 5.93. The molecule has 0 bridgehead atoms. The number of carbonyl (C=O) groups is 1. The number of rotatable bonds is 7. The molecule has 0 aliphatic heterocycles. The van der Waals surface area contributed by atoms with Crippen molar-refractivity contribution in [2.24, 2.45) is 0 Å². The highest BCUT2D eigenvalue weighted by atomic mass is 35.5. The monoisotopic (exact) mass is 270 g/mol. The van der Waals surface area contributed by atoms with Crippen LogP contribution in [0, 0.1) is 0 Å².